The van der Waals surface area contributed by atoms with Crippen molar-refractivity contribution in [1.29, 1.82) is 0 Å². The average Bonchev–Trinajstić information content (AvgIpc) is 3.17. The van der Waals surface area contributed by atoms with Gasteiger partial charge in [-0.3, -0.25) is 4.57 Å². The fraction of sp³-hybridized carbons (Fsp3) is 0.364. The second-order valence-electron chi connectivity index (χ2n) is 6.60. The molecule has 0 spiro atoms. The summed E-state index contributed by atoms with van der Waals surface area (Å²) in [6.07, 6.45) is 0. The van der Waals surface area contributed by atoms with Crippen molar-refractivity contribution in [3.05, 3.63) is 48.5 Å². The monoisotopic (exact) mass is 413 g/mol. The Kier molecular flexibility index (Phi) is 7.41. The number of thioether (sulfide) groups is 1. The van der Waals surface area contributed by atoms with E-state index in [9.17, 15) is 0 Å². The van der Waals surface area contributed by atoms with Gasteiger partial charge in [-0.1, -0.05) is 11.8 Å². The molecule has 7 heteroatoms. The molecule has 3 aromatic rings. The first-order valence-electron chi connectivity index (χ1n) is 9.70. The van der Waals surface area contributed by atoms with Crippen molar-refractivity contribution in [1.82, 2.24) is 14.8 Å². The molecule has 0 saturated heterocycles. The van der Waals surface area contributed by atoms with Gasteiger partial charge in [0.05, 0.1) is 20.3 Å². The molecule has 0 saturated carbocycles. The SMILES string of the molecule is CCOc1ccc(OCCSc2nnc(-c3ccc(OC)cc3)n2C(C)C)cc1. The number of hydrogen-bond donors (Lipinski definition) is 0. The van der Waals surface area contributed by atoms with Gasteiger partial charge < -0.3 is 14.2 Å². The first kappa shape index (κ1) is 21.0. The standard InChI is InChI=1S/C22H27N3O3S/c1-5-27-19-10-12-20(13-11-19)28-14-15-29-22-24-23-21(25(22)16(2)3)17-6-8-18(26-4)9-7-17/h6-13,16H,5,14-15H2,1-4H3. The van der Waals surface area contributed by atoms with Crippen LogP contribution in [0.15, 0.2) is 53.7 Å². The first-order valence-corrected chi connectivity index (χ1v) is 10.7. The van der Waals surface area contributed by atoms with Crippen molar-refractivity contribution >= 4 is 11.8 Å². The molecule has 154 valence electrons. The maximum atomic E-state index is 5.83. The quantitative estimate of drug-likeness (QED) is 0.340. The van der Waals surface area contributed by atoms with Crippen LogP contribution in [0.2, 0.25) is 0 Å². The summed E-state index contributed by atoms with van der Waals surface area (Å²) in [5, 5.41) is 9.72. The van der Waals surface area contributed by atoms with E-state index in [1.165, 1.54) is 0 Å². The van der Waals surface area contributed by atoms with E-state index in [0.29, 0.717) is 13.2 Å². The summed E-state index contributed by atoms with van der Waals surface area (Å²) in [4.78, 5) is 0. The van der Waals surface area contributed by atoms with E-state index in [4.69, 9.17) is 14.2 Å². The van der Waals surface area contributed by atoms with Crippen molar-refractivity contribution in [2.75, 3.05) is 26.1 Å². The number of rotatable bonds is 10. The lowest BCUT2D eigenvalue weighted by Crippen LogP contribution is -2.07. The van der Waals surface area contributed by atoms with Crippen LogP contribution in [0.25, 0.3) is 11.4 Å². The van der Waals surface area contributed by atoms with Gasteiger partial charge in [-0.15, -0.1) is 10.2 Å². The number of methoxy groups -OCH3 is 1. The van der Waals surface area contributed by atoms with Crippen LogP contribution < -0.4 is 14.2 Å². The minimum atomic E-state index is 0.247. The molecule has 0 N–H and O–H groups in total. The van der Waals surface area contributed by atoms with Crippen molar-refractivity contribution in [3.63, 3.8) is 0 Å². The van der Waals surface area contributed by atoms with E-state index < -0.39 is 0 Å². The maximum Gasteiger partial charge on any atom is 0.191 e. The Hall–Kier alpha value is -2.67. The van der Waals surface area contributed by atoms with Crippen molar-refractivity contribution in [2.24, 2.45) is 0 Å². The molecule has 0 aliphatic rings. The molecule has 0 amide bonds. The second kappa shape index (κ2) is 10.2. The fourth-order valence-electron chi connectivity index (χ4n) is 2.87. The molecule has 0 radical (unpaired) electrons. The van der Waals surface area contributed by atoms with Crippen LogP contribution >= 0.6 is 11.8 Å². The molecule has 0 atom stereocenters. The van der Waals surface area contributed by atoms with E-state index in [1.807, 2.05) is 55.5 Å². The third-order valence-corrected chi connectivity index (χ3v) is 5.15. The Bertz CT molecular complexity index is 893. The van der Waals surface area contributed by atoms with E-state index >= 15 is 0 Å². The Balaban J connectivity index is 1.61. The average molecular weight is 414 g/mol. The van der Waals surface area contributed by atoms with Crippen LogP contribution in [0.3, 0.4) is 0 Å². The fourth-order valence-corrected chi connectivity index (χ4v) is 3.75. The van der Waals surface area contributed by atoms with E-state index in [0.717, 1.165) is 39.5 Å². The van der Waals surface area contributed by atoms with Crippen molar-refractivity contribution in [3.8, 4) is 28.6 Å². The summed E-state index contributed by atoms with van der Waals surface area (Å²) < 4.78 is 18.7. The zero-order valence-electron chi connectivity index (χ0n) is 17.3. The molecule has 0 unspecified atom stereocenters. The summed E-state index contributed by atoms with van der Waals surface area (Å²) in [5.74, 6) is 4.15. The van der Waals surface area contributed by atoms with Gasteiger partial charge in [-0.05, 0) is 69.3 Å². The summed E-state index contributed by atoms with van der Waals surface area (Å²) >= 11 is 1.64. The zero-order chi connectivity index (χ0) is 20.6. The lowest BCUT2D eigenvalue weighted by atomic mass is 10.2. The van der Waals surface area contributed by atoms with E-state index in [2.05, 4.69) is 28.6 Å². The Morgan fingerprint density at radius 3 is 2.10 bits per heavy atom. The molecule has 2 aromatic carbocycles. The summed E-state index contributed by atoms with van der Waals surface area (Å²) in [7, 11) is 1.66. The largest absolute Gasteiger partial charge is 0.497 e. The van der Waals surface area contributed by atoms with Gasteiger partial charge in [-0.25, -0.2) is 0 Å². The lowest BCUT2D eigenvalue weighted by Gasteiger charge is -2.14. The van der Waals surface area contributed by atoms with Crippen LogP contribution in [-0.2, 0) is 0 Å². The molecule has 0 bridgehead atoms. The van der Waals surface area contributed by atoms with Crippen LogP contribution in [0, 0.1) is 0 Å². The highest BCUT2D eigenvalue weighted by atomic mass is 32.2. The molecule has 1 heterocycles. The molecule has 29 heavy (non-hydrogen) atoms. The third-order valence-electron chi connectivity index (χ3n) is 4.25. The van der Waals surface area contributed by atoms with Crippen molar-refractivity contribution < 1.29 is 14.2 Å². The maximum absolute atomic E-state index is 5.83. The highest BCUT2D eigenvalue weighted by Crippen LogP contribution is 2.28. The summed E-state index contributed by atoms with van der Waals surface area (Å²) in [6, 6.07) is 15.8. The number of hydrogen-bond acceptors (Lipinski definition) is 6. The van der Waals surface area contributed by atoms with Gasteiger partial charge in [0.1, 0.15) is 17.2 Å². The van der Waals surface area contributed by atoms with Crippen molar-refractivity contribution in [2.45, 2.75) is 32.0 Å². The number of nitrogens with zero attached hydrogens (tertiary/aromatic N) is 3. The predicted octanol–water partition coefficient (Wildman–Crippen LogP) is 5.10. The van der Waals surface area contributed by atoms with Gasteiger partial charge in [-0.2, -0.15) is 0 Å². The number of ether oxygens (including phenoxy) is 3. The van der Waals surface area contributed by atoms with E-state index in [1.54, 1.807) is 18.9 Å². The van der Waals surface area contributed by atoms with Crippen LogP contribution in [-0.4, -0.2) is 40.8 Å². The summed E-state index contributed by atoms with van der Waals surface area (Å²) in [5.41, 5.74) is 1.02. The minimum absolute atomic E-state index is 0.247. The lowest BCUT2D eigenvalue weighted by molar-refractivity contribution is 0.332. The number of aromatic nitrogens is 3. The Morgan fingerprint density at radius 1 is 0.897 bits per heavy atom. The molecule has 3 rings (SSSR count). The molecule has 0 aliphatic carbocycles. The number of benzene rings is 2. The molecule has 0 aliphatic heterocycles. The van der Waals surface area contributed by atoms with Gasteiger partial charge in [0.25, 0.3) is 0 Å². The normalized spacial score (nSPS) is 10.9. The predicted molar refractivity (Wildman–Crippen MR) is 116 cm³/mol. The zero-order valence-corrected chi connectivity index (χ0v) is 18.1. The topological polar surface area (TPSA) is 58.4 Å². The molecular formula is C22H27N3O3S. The Labute approximate surface area is 176 Å². The smallest absolute Gasteiger partial charge is 0.191 e. The van der Waals surface area contributed by atoms with E-state index in [-0.39, 0.29) is 6.04 Å². The van der Waals surface area contributed by atoms with Gasteiger partial charge in [0.15, 0.2) is 11.0 Å². The third kappa shape index (κ3) is 5.44. The van der Waals surface area contributed by atoms with Crippen LogP contribution in [0.4, 0.5) is 0 Å². The van der Waals surface area contributed by atoms with Crippen LogP contribution in [0.5, 0.6) is 17.2 Å². The second-order valence-corrected chi connectivity index (χ2v) is 7.66. The minimum Gasteiger partial charge on any atom is -0.497 e. The van der Waals surface area contributed by atoms with Gasteiger partial charge >= 0.3 is 0 Å². The Morgan fingerprint density at radius 2 is 1.52 bits per heavy atom. The molecular weight excluding hydrogens is 386 g/mol. The molecule has 0 fully saturated rings. The van der Waals surface area contributed by atoms with Gasteiger partial charge in [0, 0.05) is 17.4 Å². The van der Waals surface area contributed by atoms with Gasteiger partial charge in [0.2, 0.25) is 0 Å². The molecule has 1 aromatic heterocycles. The highest BCUT2D eigenvalue weighted by Gasteiger charge is 2.16. The summed E-state index contributed by atoms with van der Waals surface area (Å²) in [6.45, 7) is 7.48. The first-order chi connectivity index (χ1) is 14.1. The molecule has 6 nitrogen and oxygen atoms in total. The highest BCUT2D eigenvalue weighted by molar-refractivity contribution is 7.99. The van der Waals surface area contributed by atoms with Crippen LogP contribution in [0.1, 0.15) is 26.8 Å².